The van der Waals surface area contributed by atoms with Gasteiger partial charge in [0, 0.05) is 35.8 Å². The lowest BCUT2D eigenvalue weighted by Gasteiger charge is -2.19. The molecule has 0 saturated heterocycles. The van der Waals surface area contributed by atoms with E-state index in [-0.39, 0.29) is 13.2 Å². The molecule has 3 rings (SSSR count). The molecule has 0 saturated carbocycles. The fourth-order valence-electron chi connectivity index (χ4n) is 3.55. The smallest absolute Gasteiger partial charge is 0.166 e. The number of aromatic amines is 1. The van der Waals surface area contributed by atoms with Gasteiger partial charge in [0.2, 0.25) is 0 Å². The van der Waals surface area contributed by atoms with Gasteiger partial charge in [-0.25, -0.2) is 0 Å². The minimum absolute atomic E-state index is 0.0486. The van der Waals surface area contributed by atoms with Crippen molar-refractivity contribution in [1.82, 2.24) is 9.88 Å². The van der Waals surface area contributed by atoms with E-state index in [0.29, 0.717) is 11.5 Å². The third-order valence-electron chi connectivity index (χ3n) is 5.02. The van der Waals surface area contributed by atoms with E-state index in [1.54, 1.807) is 14.2 Å². The zero-order chi connectivity index (χ0) is 20.1. The Morgan fingerprint density at radius 1 is 0.964 bits per heavy atom. The third kappa shape index (κ3) is 4.30. The molecule has 2 aromatic carbocycles. The highest BCUT2D eigenvalue weighted by molar-refractivity contribution is 5.83. The Hall–Kier alpha value is -2.54. The lowest BCUT2D eigenvalue weighted by atomic mass is 10.1. The monoisotopic (exact) mass is 384 g/mol. The zero-order valence-electron chi connectivity index (χ0n) is 16.7. The van der Waals surface area contributed by atoms with Gasteiger partial charge in [-0.15, -0.1) is 0 Å². The summed E-state index contributed by atoms with van der Waals surface area (Å²) < 4.78 is 10.8. The number of likely N-dealkylation sites (N-methyl/N-ethyl adjacent to an activating group) is 1. The summed E-state index contributed by atoms with van der Waals surface area (Å²) in [5.74, 6) is 1.21. The number of benzene rings is 2. The first-order valence-corrected chi connectivity index (χ1v) is 9.32. The topological polar surface area (TPSA) is 78.0 Å². The molecular formula is C22H28N2O4. The van der Waals surface area contributed by atoms with Gasteiger partial charge in [-0.1, -0.05) is 6.07 Å². The molecule has 0 fully saturated rings. The summed E-state index contributed by atoms with van der Waals surface area (Å²) in [7, 11) is 5.25. The summed E-state index contributed by atoms with van der Waals surface area (Å²) in [6.45, 7) is 1.56. The van der Waals surface area contributed by atoms with E-state index in [1.165, 1.54) is 5.56 Å². The largest absolute Gasteiger partial charge is 0.493 e. The summed E-state index contributed by atoms with van der Waals surface area (Å²) in [5.41, 5.74) is 5.02. The molecule has 6 heteroatoms. The molecule has 28 heavy (non-hydrogen) atoms. The Morgan fingerprint density at radius 2 is 1.79 bits per heavy atom. The second-order valence-corrected chi connectivity index (χ2v) is 6.99. The summed E-state index contributed by atoms with van der Waals surface area (Å²) in [6.07, 6.45) is 2.94. The van der Waals surface area contributed by atoms with Gasteiger partial charge in [-0.3, -0.25) is 0 Å². The van der Waals surface area contributed by atoms with Crippen molar-refractivity contribution in [3.05, 3.63) is 58.8 Å². The number of aliphatic hydroxyl groups excluding tert-OH is 2. The molecule has 0 amide bonds. The average molecular weight is 384 g/mol. The molecular weight excluding hydrogens is 356 g/mol. The van der Waals surface area contributed by atoms with Crippen LogP contribution in [0.4, 0.5) is 0 Å². The number of rotatable bonds is 9. The van der Waals surface area contributed by atoms with Crippen LogP contribution in [0.2, 0.25) is 0 Å². The highest BCUT2D eigenvalue weighted by Gasteiger charge is 2.13. The van der Waals surface area contributed by atoms with Crippen LogP contribution >= 0.6 is 0 Å². The second kappa shape index (κ2) is 9.10. The van der Waals surface area contributed by atoms with E-state index in [2.05, 4.69) is 16.9 Å². The average Bonchev–Trinajstić information content (AvgIpc) is 3.13. The number of aromatic nitrogens is 1. The molecule has 0 bridgehead atoms. The predicted molar refractivity (Wildman–Crippen MR) is 110 cm³/mol. The molecule has 0 radical (unpaired) electrons. The van der Waals surface area contributed by atoms with Crippen molar-refractivity contribution in [3.8, 4) is 11.5 Å². The lowest BCUT2D eigenvalue weighted by Crippen LogP contribution is -2.21. The van der Waals surface area contributed by atoms with Gasteiger partial charge in [-0.05, 0) is 54.4 Å². The number of nitrogens with one attached hydrogen (secondary N) is 1. The Labute approximate surface area is 165 Å². The standard InChI is InChI=1S/C22H28N2O4/c1-24(12-16-8-18(14-26)22(28-3)21(10-16)27-2)7-6-17-11-23-20-5-4-15(13-25)9-19(17)20/h4-5,8-11,23,25-26H,6-7,12-14H2,1-3H3. The quantitative estimate of drug-likeness (QED) is 0.529. The summed E-state index contributed by atoms with van der Waals surface area (Å²) in [4.78, 5) is 5.53. The Morgan fingerprint density at radius 3 is 2.46 bits per heavy atom. The number of aliphatic hydroxyl groups is 2. The number of ether oxygens (including phenoxy) is 2. The number of fused-ring (bicyclic) bond motifs is 1. The van der Waals surface area contributed by atoms with Gasteiger partial charge in [0.15, 0.2) is 11.5 Å². The maximum atomic E-state index is 9.63. The Kier molecular flexibility index (Phi) is 6.57. The van der Waals surface area contributed by atoms with Crippen molar-refractivity contribution in [2.24, 2.45) is 0 Å². The van der Waals surface area contributed by atoms with Crippen LogP contribution in [-0.4, -0.2) is 47.9 Å². The number of H-pyrrole nitrogens is 1. The second-order valence-electron chi connectivity index (χ2n) is 6.99. The molecule has 0 aliphatic rings. The van der Waals surface area contributed by atoms with Crippen LogP contribution < -0.4 is 9.47 Å². The number of hydrogen-bond donors (Lipinski definition) is 3. The normalized spacial score (nSPS) is 11.4. The first-order chi connectivity index (χ1) is 13.6. The maximum absolute atomic E-state index is 9.63. The maximum Gasteiger partial charge on any atom is 0.166 e. The van der Waals surface area contributed by atoms with E-state index < -0.39 is 0 Å². The molecule has 3 N–H and O–H groups in total. The molecule has 1 aromatic heterocycles. The highest BCUT2D eigenvalue weighted by atomic mass is 16.5. The van der Waals surface area contributed by atoms with Crippen LogP contribution in [0.25, 0.3) is 10.9 Å². The number of hydrogen-bond acceptors (Lipinski definition) is 5. The molecule has 6 nitrogen and oxygen atoms in total. The van der Waals surface area contributed by atoms with Gasteiger partial charge < -0.3 is 29.6 Å². The van der Waals surface area contributed by atoms with Gasteiger partial charge in [0.1, 0.15) is 0 Å². The van der Waals surface area contributed by atoms with Gasteiger partial charge in [0.25, 0.3) is 0 Å². The van der Waals surface area contributed by atoms with Gasteiger partial charge in [-0.2, -0.15) is 0 Å². The molecule has 3 aromatic rings. The van der Waals surface area contributed by atoms with E-state index in [0.717, 1.165) is 47.1 Å². The lowest BCUT2D eigenvalue weighted by molar-refractivity contribution is 0.268. The zero-order valence-corrected chi connectivity index (χ0v) is 16.7. The third-order valence-corrected chi connectivity index (χ3v) is 5.02. The first kappa shape index (κ1) is 20.2. The van der Waals surface area contributed by atoms with Crippen molar-refractivity contribution >= 4 is 10.9 Å². The Balaban J connectivity index is 1.70. The molecule has 150 valence electrons. The fourth-order valence-corrected chi connectivity index (χ4v) is 3.55. The van der Waals surface area contributed by atoms with Crippen molar-refractivity contribution in [1.29, 1.82) is 0 Å². The first-order valence-electron chi connectivity index (χ1n) is 9.32. The number of nitrogens with zero attached hydrogens (tertiary/aromatic N) is 1. The van der Waals surface area contributed by atoms with Crippen LogP contribution in [-0.2, 0) is 26.2 Å². The molecule has 1 heterocycles. The predicted octanol–water partition coefficient (Wildman–Crippen LogP) is 2.84. The summed E-state index contributed by atoms with van der Waals surface area (Å²) in [6, 6.07) is 9.90. The summed E-state index contributed by atoms with van der Waals surface area (Å²) in [5, 5.41) is 20.2. The fraction of sp³-hybridized carbons (Fsp3) is 0.364. The van der Waals surface area contributed by atoms with E-state index >= 15 is 0 Å². The minimum Gasteiger partial charge on any atom is -0.493 e. The van der Waals surface area contributed by atoms with Crippen molar-refractivity contribution in [3.63, 3.8) is 0 Å². The number of methoxy groups -OCH3 is 2. The highest BCUT2D eigenvalue weighted by Crippen LogP contribution is 2.33. The SMILES string of the molecule is COc1cc(CN(C)CCc2c[nH]c3ccc(CO)cc23)cc(CO)c1OC. The molecule has 0 spiro atoms. The van der Waals surface area contributed by atoms with Crippen LogP contribution in [0.15, 0.2) is 36.5 Å². The minimum atomic E-state index is -0.0976. The van der Waals surface area contributed by atoms with Crippen LogP contribution in [0.1, 0.15) is 22.3 Å². The van der Waals surface area contributed by atoms with E-state index in [1.807, 2.05) is 36.5 Å². The van der Waals surface area contributed by atoms with Crippen LogP contribution in [0, 0.1) is 0 Å². The summed E-state index contributed by atoms with van der Waals surface area (Å²) >= 11 is 0. The van der Waals surface area contributed by atoms with E-state index in [4.69, 9.17) is 9.47 Å². The van der Waals surface area contributed by atoms with E-state index in [9.17, 15) is 10.2 Å². The van der Waals surface area contributed by atoms with Gasteiger partial charge >= 0.3 is 0 Å². The Bertz CT molecular complexity index is 910. The van der Waals surface area contributed by atoms with Crippen LogP contribution in [0.5, 0.6) is 11.5 Å². The molecule has 0 unspecified atom stereocenters. The van der Waals surface area contributed by atoms with Crippen molar-refractivity contribution in [2.75, 3.05) is 27.8 Å². The molecule has 0 aliphatic heterocycles. The van der Waals surface area contributed by atoms with Gasteiger partial charge in [0.05, 0.1) is 27.4 Å². The van der Waals surface area contributed by atoms with Crippen LogP contribution in [0.3, 0.4) is 0 Å². The van der Waals surface area contributed by atoms with Crippen molar-refractivity contribution < 1.29 is 19.7 Å². The van der Waals surface area contributed by atoms with Crippen molar-refractivity contribution in [2.45, 2.75) is 26.2 Å². The molecule has 0 atom stereocenters. The molecule has 0 aliphatic carbocycles.